The Kier molecular flexibility index (Phi) is 3.14. The SMILES string of the molecule is C[C@]12CO[C@@H](c3ccccc3)O[C@H]1CCC[C@@H]2O. The predicted molar refractivity (Wildman–Crippen MR) is 68.0 cm³/mol. The van der Waals surface area contributed by atoms with E-state index >= 15 is 0 Å². The van der Waals surface area contributed by atoms with E-state index < -0.39 is 0 Å². The molecule has 18 heavy (non-hydrogen) atoms. The second-order valence-corrected chi connectivity index (χ2v) is 5.63. The van der Waals surface area contributed by atoms with Crippen LogP contribution in [-0.4, -0.2) is 23.9 Å². The van der Waals surface area contributed by atoms with Gasteiger partial charge in [0.15, 0.2) is 6.29 Å². The van der Waals surface area contributed by atoms with E-state index in [2.05, 4.69) is 6.92 Å². The molecule has 4 atom stereocenters. The molecular formula is C15H20O3. The minimum absolute atomic E-state index is 0.0974. The standard InChI is InChI=1S/C15H20O3/c1-15-10-17-14(11-6-3-2-4-7-11)18-13(15)9-5-8-12(15)16/h2-4,6-7,12-14,16H,5,8-10H2,1H3/t12-,13-,14+,15+/m0/s1. The van der Waals surface area contributed by atoms with Gasteiger partial charge in [-0.05, 0) is 19.3 Å². The lowest BCUT2D eigenvalue weighted by molar-refractivity contribution is -0.295. The number of rotatable bonds is 1. The molecule has 0 spiro atoms. The Hall–Kier alpha value is -0.900. The third-order valence-corrected chi connectivity index (χ3v) is 4.35. The molecule has 0 radical (unpaired) electrons. The number of benzene rings is 1. The monoisotopic (exact) mass is 248 g/mol. The first-order chi connectivity index (χ1) is 8.70. The summed E-state index contributed by atoms with van der Waals surface area (Å²) >= 11 is 0. The number of aliphatic hydroxyl groups excluding tert-OH is 1. The van der Waals surface area contributed by atoms with Crippen molar-refractivity contribution in [2.24, 2.45) is 5.41 Å². The van der Waals surface area contributed by atoms with Crippen molar-refractivity contribution in [2.75, 3.05) is 6.61 Å². The van der Waals surface area contributed by atoms with Gasteiger partial charge in [-0.25, -0.2) is 0 Å². The fourth-order valence-electron chi connectivity index (χ4n) is 3.01. The highest BCUT2D eigenvalue weighted by molar-refractivity contribution is 5.16. The van der Waals surface area contributed by atoms with Crippen LogP contribution in [0.2, 0.25) is 0 Å². The summed E-state index contributed by atoms with van der Waals surface area (Å²) in [6.07, 6.45) is 2.40. The molecule has 0 unspecified atom stereocenters. The number of aliphatic hydroxyl groups is 1. The van der Waals surface area contributed by atoms with Gasteiger partial charge in [-0.2, -0.15) is 0 Å². The molecule has 1 heterocycles. The van der Waals surface area contributed by atoms with Crippen molar-refractivity contribution in [2.45, 2.75) is 44.7 Å². The number of hydrogen-bond donors (Lipinski definition) is 1. The normalized spacial score (nSPS) is 40.2. The van der Waals surface area contributed by atoms with Gasteiger partial charge in [-0.3, -0.25) is 0 Å². The van der Waals surface area contributed by atoms with Crippen LogP contribution in [-0.2, 0) is 9.47 Å². The van der Waals surface area contributed by atoms with E-state index in [-0.39, 0.29) is 23.9 Å². The van der Waals surface area contributed by atoms with Gasteiger partial charge in [0, 0.05) is 11.0 Å². The molecule has 3 rings (SSSR count). The molecule has 0 bridgehead atoms. The zero-order valence-electron chi connectivity index (χ0n) is 10.7. The fourth-order valence-corrected chi connectivity index (χ4v) is 3.01. The van der Waals surface area contributed by atoms with Crippen LogP contribution in [0.25, 0.3) is 0 Å². The van der Waals surface area contributed by atoms with Gasteiger partial charge in [0.25, 0.3) is 0 Å². The van der Waals surface area contributed by atoms with Crippen LogP contribution in [0.15, 0.2) is 30.3 Å². The Balaban J connectivity index is 1.78. The Labute approximate surface area is 108 Å². The lowest BCUT2D eigenvalue weighted by Gasteiger charge is -2.49. The lowest BCUT2D eigenvalue weighted by atomic mass is 9.71. The average molecular weight is 248 g/mol. The summed E-state index contributed by atoms with van der Waals surface area (Å²) in [5, 5.41) is 10.2. The molecule has 1 aliphatic carbocycles. The molecule has 0 amide bonds. The van der Waals surface area contributed by atoms with Crippen LogP contribution in [0.4, 0.5) is 0 Å². The Morgan fingerprint density at radius 1 is 1.22 bits per heavy atom. The molecule has 2 fully saturated rings. The predicted octanol–water partition coefficient (Wildman–Crippen LogP) is 2.65. The highest BCUT2D eigenvalue weighted by Gasteiger charge is 2.48. The van der Waals surface area contributed by atoms with Gasteiger partial charge in [0.1, 0.15) is 0 Å². The maximum atomic E-state index is 10.2. The van der Waals surface area contributed by atoms with Crippen molar-refractivity contribution in [1.29, 1.82) is 0 Å². The molecule has 2 aliphatic rings. The molecule has 3 heteroatoms. The first-order valence-corrected chi connectivity index (χ1v) is 6.70. The second-order valence-electron chi connectivity index (χ2n) is 5.63. The number of fused-ring (bicyclic) bond motifs is 1. The molecule has 98 valence electrons. The Bertz CT molecular complexity index is 405. The van der Waals surface area contributed by atoms with Crippen molar-refractivity contribution in [3.8, 4) is 0 Å². The van der Waals surface area contributed by atoms with Gasteiger partial charge >= 0.3 is 0 Å². The van der Waals surface area contributed by atoms with Crippen LogP contribution in [0.1, 0.15) is 38.0 Å². The zero-order chi connectivity index (χ0) is 12.6. The molecule has 3 nitrogen and oxygen atoms in total. The van der Waals surface area contributed by atoms with Crippen molar-refractivity contribution in [3.63, 3.8) is 0 Å². The highest BCUT2D eigenvalue weighted by atomic mass is 16.7. The van der Waals surface area contributed by atoms with E-state index in [1.54, 1.807) is 0 Å². The van der Waals surface area contributed by atoms with Crippen molar-refractivity contribution in [1.82, 2.24) is 0 Å². The largest absolute Gasteiger partial charge is 0.392 e. The minimum Gasteiger partial charge on any atom is -0.392 e. The first kappa shape index (κ1) is 12.2. The molecule has 1 saturated carbocycles. The molecule has 1 saturated heterocycles. The van der Waals surface area contributed by atoms with Gasteiger partial charge in [-0.1, -0.05) is 37.3 Å². The molecule has 1 aliphatic heterocycles. The fraction of sp³-hybridized carbons (Fsp3) is 0.600. The van der Waals surface area contributed by atoms with E-state index in [4.69, 9.17) is 9.47 Å². The minimum atomic E-state index is -0.312. The smallest absolute Gasteiger partial charge is 0.184 e. The molecule has 0 aromatic heterocycles. The Morgan fingerprint density at radius 3 is 2.78 bits per heavy atom. The second kappa shape index (κ2) is 4.65. The average Bonchev–Trinajstić information content (AvgIpc) is 2.41. The van der Waals surface area contributed by atoms with E-state index in [9.17, 15) is 5.11 Å². The zero-order valence-corrected chi connectivity index (χ0v) is 10.7. The first-order valence-electron chi connectivity index (χ1n) is 6.70. The van der Waals surface area contributed by atoms with Crippen LogP contribution < -0.4 is 0 Å². The summed E-state index contributed by atoms with van der Waals surface area (Å²) in [5.74, 6) is 0. The van der Waals surface area contributed by atoms with E-state index in [1.165, 1.54) is 0 Å². The molecular weight excluding hydrogens is 228 g/mol. The van der Waals surface area contributed by atoms with Gasteiger partial charge in [0.05, 0.1) is 18.8 Å². The summed E-state index contributed by atoms with van der Waals surface area (Å²) in [7, 11) is 0. The maximum Gasteiger partial charge on any atom is 0.184 e. The third-order valence-electron chi connectivity index (χ3n) is 4.35. The maximum absolute atomic E-state index is 10.2. The summed E-state index contributed by atoms with van der Waals surface area (Å²) in [5.41, 5.74) is 0.809. The van der Waals surface area contributed by atoms with E-state index in [0.29, 0.717) is 6.61 Å². The van der Waals surface area contributed by atoms with Crippen LogP contribution in [0.3, 0.4) is 0 Å². The van der Waals surface area contributed by atoms with Crippen LogP contribution in [0, 0.1) is 5.41 Å². The highest BCUT2D eigenvalue weighted by Crippen LogP contribution is 2.45. The molecule has 1 N–H and O–H groups in total. The van der Waals surface area contributed by atoms with E-state index in [1.807, 2.05) is 30.3 Å². The van der Waals surface area contributed by atoms with Gasteiger partial charge < -0.3 is 14.6 Å². The molecule has 1 aromatic carbocycles. The summed E-state index contributed by atoms with van der Waals surface area (Å²) in [6.45, 7) is 2.64. The quantitative estimate of drug-likeness (QED) is 0.830. The van der Waals surface area contributed by atoms with Gasteiger partial charge in [-0.15, -0.1) is 0 Å². The van der Waals surface area contributed by atoms with Crippen molar-refractivity contribution < 1.29 is 14.6 Å². The van der Waals surface area contributed by atoms with E-state index in [0.717, 1.165) is 24.8 Å². The van der Waals surface area contributed by atoms with Crippen LogP contribution in [0.5, 0.6) is 0 Å². The van der Waals surface area contributed by atoms with Crippen LogP contribution >= 0.6 is 0 Å². The lowest BCUT2D eigenvalue weighted by Crippen LogP contribution is -2.54. The van der Waals surface area contributed by atoms with Gasteiger partial charge in [0.2, 0.25) is 0 Å². The number of hydrogen-bond acceptors (Lipinski definition) is 3. The van der Waals surface area contributed by atoms with Crippen molar-refractivity contribution >= 4 is 0 Å². The Morgan fingerprint density at radius 2 is 2.00 bits per heavy atom. The molecule has 1 aromatic rings. The van der Waals surface area contributed by atoms with Crippen molar-refractivity contribution in [3.05, 3.63) is 35.9 Å². The summed E-state index contributed by atoms with van der Waals surface area (Å²) in [6, 6.07) is 10.0. The topological polar surface area (TPSA) is 38.7 Å². The summed E-state index contributed by atoms with van der Waals surface area (Å²) < 4.78 is 11.9. The summed E-state index contributed by atoms with van der Waals surface area (Å²) in [4.78, 5) is 0. The third kappa shape index (κ3) is 1.96. The number of ether oxygens (including phenoxy) is 2.